The zero-order chi connectivity index (χ0) is 32.1. The van der Waals surface area contributed by atoms with Crippen molar-refractivity contribution in [1.82, 2.24) is 15.0 Å². The van der Waals surface area contributed by atoms with E-state index in [2.05, 4.69) is 20.3 Å². The van der Waals surface area contributed by atoms with Crippen molar-refractivity contribution in [3.63, 3.8) is 0 Å². The lowest BCUT2D eigenvalue weighted by molar-refractivity contribution is -0.154. The number of sulfone groups is 1. The number of anilines is 1. The molecule has 1 fully saturated rings. The molecule has 0 unspecified atom stereocenters. The van der Waals surface area contributed by atoms with Crippen molar-refractivity contribution in [3.05, 3.63) is 76.1 Å². The maximum atomic E-state index is 12.9. The van der Waals surface area contributed by atoms with E-state index in [4.69, 9.17) is 16.3 Å². The molecule has 4 rings (SSSR count). The van der Waals surface area contributed by atoms with Crippen LogP contribution in [0.4, 0.5) is 19.1 Å². The Hall–Kier alpha value is -3.58. The Bertz CT molecular complexity index is 1590. The van der Waals surface area contributed by atoms with Gasteiger partial charge in [-0.3, -0.25) is 9.59 Å². The van der Waals surface area contributed by atoms with Crippen molar-refractivity contribution in [2.75, 3.05) is 23.4 Å². The topological polar surface area (TPSA) is 128 Å². The molecule has 1 N–H and O–H groups in total. The van der Waals surface area contributed by atoms with E-state index in [1.54, 1.807) is 38.1 Å². The molecule has 0 saturated heterocycles. The van der Waals surface area contributed by atoms with Crippen LogP contribution >= 0.6 is 11.6 Å². The van der Waals surface area contributed by atoms with Gasteiger partial charge in [0, 0.05) is 29.3 Å². The van der Waals surface area contributed by atoms with Gasteiger partial charge in [0.2, 0.25) is 5.95 Å². The van der Waals surface area contributed by atoms with E-state index >= 15 is 0 Å². The number of benzene rings is 2. The second-order valence-corrected chi connectivity index (χ2v) is 13.7. The molecule has 1 aliphatic carbocycles. The standard InChI is InChI=1S/C30H32ClF3N4O5S/c1-19(2)24(39)4-3-15-44(41,42)17-25(40)21-7-5-20(6-8-21)16-26-35-27(37-28(36-26)43-18-30(32,33)34)38-29(13-14-29)22-9-11-23(31)12-10-22/h5-12,19H,3-4,13-18H2,1-2H3,(H,35,36,37,38). The number of alkyl halides is 3. The van der Waals surface area contributed by atoms with Crippen LogP contribution in [0.15, 0.2) is 48.5 Å². The molecule has 1 saturated carbocycles. The molecule has 1 aliphatic rings. The first-order chi connectivity index (χ1) is 20.6. The summed E-state index contributed by atoms with van der Waals surface area (Å²) in [6.07, 6.45) is -2.73. The minimum atomic E-state index is -4.59. The minimum absolute atomic E-state index is 0.0316. The first-order valence-corrected chi connectivity index (χ1v) is 16.2. The molecule has 0 radical (unpaired) electrons. The first kappa shape index (κ1) is 33.3. The quantitative estimate of drug-likeness (QED) is 0.204. The third kappa shape index (κ3) is 9.71. The number of nitrogens with zero attached hydrogens (tertiary/aromatic N) is 3. The number of rotatable bonds is 15. The van der Waals surface area contributed by atoms with Gasteiger partial charge in [-0.05, 0) is 42.5 Å². The molecule has 14 heteroatoms. The highest BCUT2D eigenvalue weighted by molar-refractivity contribution is 7.92. The van der Waals surface area contributed by atoms with Crippen LogP contribution in [0.3, 0.4) is 0 Å². The van der Waals surface area contributed by atoms with Crippen LogP contribution in [0.25, 0.3) is 0 Å². The predicted octanol–water partition coefficient (Wildman–Crippen LogP) is 5.76. The lowest BCUT2D eigenvalue weighted by Gasteiger charge is -2.19. The van der Waals surface area contributed by atoms with Gasteiger partial charge >= 0.3 is 12.2 Å². The van der Waals surface area contributed by atoms with Crippen molar-refractivity contribution >= 4 is 39.0 Å². The number of hydrogen-bond donors (Lipinski definition) is 1. The lowest BCUT2D eigenvalue weighted by atomic mass is 10.1. The summed E-state index contributed by atoms with van der Waals surface area (Å²) in [6, 6.07) is 12.8. The molecule has 9 nitrogen and oxygen atoms in total. The Labute approximate surface area is 258 Å². The van der Waals surface area contributed by atoms with Gasteiger partial charge in [-0.2, -0.15) is 28.1 Å². The van der Waals surface area contributed by atoms with E-state index in [-0.39, 0.29) is 54.1 Å². The average Bonchev–Trinajstić information content (AvgIpc) is 3.72. The number of aromatic nitrogens is 3. The second kappa shape index (κ2) is 13.6. The number of halogens is 4. The van der Waals surface area contributed by atoms with E-state index in [9.17, 15) is 31.2 Å². The van der Waals surface area contributed by atoms with Gasteiger partial charge in [0.05, 0.1) is 11.3 Å². The summed E-state index contributed by atoms with van der Waals surface area (Å²) in [4.78, 5) is 36.9. The molecule has 0 aliphatic heterocycles. The Morgan fingerprint density at radius 3 is 2.27 bits per heavy atom. The number of ether oxygens (including phenoxy) is 1. The third-order valence-electron chi connectivity index (χ3n) is 7.04. The lowest BCUT2D eigenvalue weighted by Crippen LogP contribution is -2.23. The normalized spacial score (nSPS) is 14.3. The summed E-state index contributed by atoms with van der Waals surface area (Å²) >= 11 is 6.01. The van der Waals surface area contributed by atoms with Crippen LogP contribution in [-0.2, 0) is 26.6 Å². The van der Waals surface area contributed by atoms with Gasteiger partial charge in [0.15, 0.2) is 22.2 Å². The van der Waals surface area contributed by atoms with Crippen molar-refractivity contribution in [2.24, 2.45) is 5.92 Å². The number of ketones is 2. The molecule has 3 aromatic rings. The number of hydrogen-bond acceptors (Lipinski definition) is 9. The highest BCUT2D eigenvalue weighted by atomic mass is 35.5. The van der Waals surface area contributed by atoms with Crippen molar-refractivity contribution in [1.29, 1.82) is 0 Å². The number of carbonyl (C=O) groups excluding carboxylic acids is 2. The monoisotopic (exact) mass is 652 g/mol. The van der Waals surface area contributed by atoms with Gasteiger partial charge in [-0.1, -0.05) is 61.8 Å². The molecular weight excluding hydrogens is 621 g/mol. The fourth-order valence-electron chi connectivity index (χ4n) is 4.44. The molecule has 0 amide bonds. The van der Waals surface area contributed by atoms with Crippen LogP contribution < -0.4 is 10.1 Å². The summed E-state index contributed by atoms with van der Waals surface area (Å²) in [5, 5.41) is 3.78. The smallest absolute Gasteiger partial charge is 0.422 e. The van der Waals surface area contributed by atoms with Crippen molar-refractivity contribution in [2.45, 2.75) is 57.7 Å². The maximum Gasteiger partial charge on any atom is 0.422 e. The van der Waals surface area contributed by atoms with E-state index in [0.29, 0.717) is 10.6 Å². The Morgan fingerprint density at radius 2 is 1.68 bits per heavy atom. The summed E-state index contributed by atoms with van der Waals surface area (Å²) in [5.41, 5.74) is 1.22. The number of nitrogens with one attached hydrogen (secondary N) is 1. The Kier molecular flexibility index (Phi) is 10.3. The number of Topliss-reactive ketones (excluding diaryl/α,β-unsaturated/α-hetero) is 2. The third-order valence-corrected chi connectivity index (χ3v) is 8.90. The summed E-state index contributed by atoms with van der Waals surface area (Å²) < 4.78 is 68.2. The molecular formula is C30H32ClF3N4O5S. The van der Waals surface area contributed by atoms with Gasteiger partial charge in [0.25, 0.3) is 0 Å². The SMILES string of the molecule is CC(C)C(=O)CCCS(=O)(=O)CC(=O)c1ccc(Cc2nc(NC3(c4ccc(Cl)cc4)CC3)nc(OCC(F)(F)F)n2)cc1. The molecule has 1 heterocycles. The predicted molar refractivity (Wildman–Crippen MR) is 159 cm³/mol. The highest BCUT2D eigenvalue weighted by Crippen LogP contribution is 2.48. The van der Waals surface area contributed by atoms with E-state index < -0.39 is 45.7 Å². The van der Waals surface area contributed by atoms with Crippen LogP contribution in [0.1, 0.15) is 66.8 Å². The van der Waals surface area contributed by atoms with E-state index in [1.165, 1.54) is 12.1 Å². The molecule has 0 bridgehead atoms. The Balaban J connectivity index is 1.45. The average molecular weight is 653 g/mol. The van der Waals surface area contributed by atoms with Crippen LogP contribution in [0.5, 0.6) is 6.01 Å². The summed E-state index contributed by atoms with van der Waals surface area (Å²) in [6.45, 7) is 1.91. The summed E-state index contributed by atoms with van der Waals surface area (Å²) in [7, 11) is -3.70. The number of carbonyl (C=O) groups is 2. The van der Waals surface area contributed by atoms with Crippen LogP contribution in [-0.4, -0.2) is 59.2 Å². The van der Waals surface area contributed by atoms with Crippen molar-refractivity contribution < 1.29 is 35.9 Å². The molecule has 1 aromatic heterocycles. The second-order valence-electron chi connectivity index (χ2n) is 11.1. The van der Waals surface area contributed by atoms with Gasteiger partial charge in [-0.25, -0.2) is 8.42 Å². The Morgan fingerprint density at radius 1 is 1.02 bits per heavy atom. The van der Waals surface area contributed by atoms with Gasteiger partial charge in [-0.15, -0.1) is 0 Å². The fraction of sp³-hybridized carbons (Fsp3) is 0.433. The summed E-state index contributed by atoms with van der Waals surface area (Å²) in [5.74, 6) is -1.56. The maximum absolute atomic E-state index is 12.9. The molecule has 2 aromatic carbocycles. The zero-order valence-corrected chi connectivity index (χ0v) is 25.7. The largest absolute Gasteiger partial charge is 0.454 e. The fourth-order valence-corrected chi connectivity index (χ4v) is 5.86. The first-order valence-electron chi connectivity index (χ1n) is 14.0. The molecule has 44 heavy (non-hydrogen) atoms. The molecule has 0 spiro atoms. The van der Waals surface area contributed by atoms with Crippen molar-refractivity contribution in [3.8, 4) is 6.01 Å². The van der Waals surface area contributed by atoms with E-state index in [0.717, 1.165) is 18.4 Å². The van der Waals surface area contributed by atoms with E-state index in [1.807, 2.05) is 12.1 Å². The molecule has 0 atom stereocenters. The zero-order valence-electron chi connectivity index (χ0n) is 24.2. The highest BCUT2D eigenvalue weighted by Gasteiger charge is 2.45. The van der Waals surface area contributed by atoms with Gasteiger partial charge in [0.1, 0.15) is 17.4 Å². The minimum Gasteiger partial charge on any atom is -0.454 e. The van der Waals surface area contributed by atoms with Gasteiger partial charge < -0.3 is 10.1 Å². The van der Waals surface area contributed by atoms with Crippen LogP contribution in [0, 0.1) is 5.92 Å². The molecule has 236 valence electrons. The van der Waals surface area contributed by atoms with Crippen LogP contribution in [0.2, 0.25) is 5.02 Å².